The predicted molar refractivity (Wildman–Crippen MR) is 117 cm³/mol. The molecular weight excluding hydrogens is 384 g/mol. The van der Waals surface area contributed by atoms with E-state index in [1.54, 1.807) is 18.4 Å². The Balaban J connectivity index is 1.65. The van der Waals surface area contributed by atoms with Crippen molar-refractivity contribution < 1.29 is 9.53 Å². The largest absolute Gasteiger partial charge is 0.385 e. The van der Waals surface area contributed by atoms with Crippen molar-refractivity contribution in [3.05, 3.63) is 59.8 Å². The number of ether oxygens (including phenoxy) is 1. The van der Waals surface area contributed by atoms with E-state index < -0.39 is 5.91 Å². The fourth-order valence-electron chi connectivity index (χ4n) is 2.68. The zero-order chi connectivity index (χ0) is 20.6. The highest BCUT2D eigenvalue weighted by molar-refractivity contribution is 7.21. The second-order valence-electron chi connectivity index (χ2n) is 6.48. The molecule has 29 heavy (non-hydrogen) atoms. The molecule has 0 saturated carbocycles. The van der Waals surface area contributed by atoms with Crippen LogP contribution in [0.15, 0.2) is 54.2 Å². The summed E-state index contributed by atoms with van der Waals surface area (Å²) >= 11 is 1.66. The van der Waals surface area contributed by atoms with Crippen molar-refractivity contribution in [2.75, 3.05) is 25.6 Å². The summed E-state index contributed by atoms with van der Waals surface area (Å²) in [5, 5.41) is 15.9. The molecule has 1 aromatic heterocycles. The maximum atomic E-state index is 12.0. The fourth-order valence-corrected chi connectivity index (χ4v) is 3.75. The van der Waals surface area contributed by atoms with Crippen LogP contribution in [0.4, 0.5) is 5.69 Å². The Morgan fingerprint density at radius 2 is 2.07 bits per heavy atom. The van der Waals surface area contributed by atoms with E-state index in [1.165, 1.54) is 16.5 Å². The van der Waals surface area contributed by atoms with Crippen LogP contribution in [0, 0.1) is 18.3 Å². The summed E-state index contributed by atoms with van der Waals surface area (Å²) in [5.74, 6) is -0.405. The number of thiazole rings is 1. The monoisotopic (exact) mass is 406 g/mol. The van der Waals surface area contributed by atoms with Crippen molar-refractivity contribution in [1.82, 2.24) is 10.3 Å². The fraction of sp³-hybridized carbons (Fsp3) is 0.227. The van der Waals surface area contributed by atoms with Crippen molar-refractivity contribution in [2.45, 2.75) is 13.3 Å². The van der Waals surface area contributed by atoms with Gasteiger partial charge in [0.2, 0.25) is 0 Å². The van der Waals surface area contributed by atoms with E-state index in [2.05, 4.69) is 34.7 Å². The van der Waals surface area contributed by atoms with E-state index in [1.807, 2.05) is 36.4 Å². The lowest BCUT2D eigenvalue weighted by molar-refractivity contribution is -0.117. The summed E-state index contributed by atoms with van der Waals surface area (Å²) in [7, 11) is 1.61. The standard InChI is InChI=1S/C22H22N4O2S/c1-15-4-9-19-20(12-15)29-22(26-19)16-5-7-18(8-6-16)25-14-17(13-23)21(27)24-10-3-11-28-2/h4-9,12,14,25H,3,10-11H2,1-2H3,(H,24,27)/b17-14-. The average molecular weight is 407 g/mol. The van der Waals surface area contributed by atoms with Gasteiger partial charge in [0.25, 0.3) is 5.91 Å². The lowest BCUT2D eigenvalue weighted by Crippen LogP contribution is -2.26. The van der Waals surface area contributed by atoms with Gasteiger partial charge in [-0.1, -0.05) is 6.07 Å². The van der Waals surface area contributed by atoms with Crippen LogP contribution >= 0.6 is 11.3 Å². The van der Waals surface area contributed by atoms with E-state index in [0.717, 1.165) is 21.8 Å². The molecule has 0 radical (unpaired) electrons. The highest BCUT2D eigenvalue weighted by Gasteiger charge is 2.09. The number of amides is 1. The van der Waals surface area contributed by atoms with Gasteiger partial charge in [-0.15, -0.1) is 11.3 Å². The van der Waals surface area contributed by atoms with E-state index in [9.17, 15) is 10.1 Å². The van der Waals surface area contributed by atoms with Crippen LogP contribution in [0.2, 0.25) is 0 Å². The van der Waals surface area contributed by atoms with E-state index in [-0.39, 0.29) is 5.57 Å². The molecule has 1 amide bonds. The minimum Gasteiger partial charge on any atom is -0.385 e. The number of carbonyl (C=O) groups is 1. The number of hydrogen-bond acceptors (Lipinski definition) is 6. The molecule has 1 heterocycles. The minimum atomic E-state index is -0.405. The number of anilines is 1. The first-order chi connectivity index (χ1) is 14.1. The zero-order valence-corrected chi connectivity index (χ0v) is 17.2. The third-order valence-corrected chi connectivity index (χ3v) is 5.30. The predicted octanol–water partition coefficient (Wildman–Crippen LogP) is 4.24. The molecule has 6 nitrogen and oxygen atoms in total. The van der Waals surface area contributed by atoms with Crippen LogP contribution in [0.1, 0.15) is 12.0 Å². The Hall–Kier alpha value is -3.21. The summed E-state index contributed by atoms with van der Waals surface area (Å²) in [6, 6.07) is 15.9. The Labute approximate surface area is 173 Å². The number of nitriles is 1. The highest BCUT2D eigenvalue weighted by Crippen LogP contribution is 2.31. The molecule has 3 aromatic rings. The first-order valence-electron chi connectivity index (χ1n) is 9.22. The molecule has 0 aliphatic heterocycles. The molecular formula is C22H22N4O2S. The Kier molecular flexibility index (Phi) is 6.95. The lowest BCUT2D eigenvalue weighted by Gasteiger charge is -2.05. The van der Waals surface area contributed by atoms with Gasteiger partial charge in [-0.2, -0.15) is 5.26 Å². The Morgan fingerprint density at radius 1 is 1.28 bits per heavy atom. The van der Waals surface area contributed by atoms with Gasteiger partial charge in [0.05, 0.1) is 10.2 Å². The summed E-state index contributed by atoms with van der Waals surface area (Å²) < 4.78 is 6.10. The van der Waals surface area contributed by atoms with Gasteiger partial charge in [-0.3, -0.25) is 4.79 Å². The number of rotatable bonds is 8. The number of hydrogen-bond donors (Lipinski definition) is 2. The molecule has 0 bridgehead atoms. The van der Waals surface area contributed by atoms with Crippen LogP contribution < -0.4 is 10.6 Å². The van der Waals surface area contributed by atoms with Crippen LogP contribution in [0.5, 0.6) is 0 Å². The summed E-state index contributed by atoms with van der Waals surface area (Å²) in [4.78, 5) is 16.7. The highest BCUT2D eigenvalue weighted by atomic mass is 32.1. The number of nitrogens with one attached hydrogen (secondary N) is 2. The van der Waals surface area contributed by atoms with Crippen molar-refractivity contribution in [2.24, 2.45) is 0 Å². The molecule has 0 aliphatic rings. The summed E-state index contributed by atoms with van der Waals surface area (Å²) in [5.41, 5.74) is 4.04. The van der Waals surface area contributed by atoms with Crippen molar-refractivity contribution in [3.8, 4) is 16.6 Å². The van der Waals surface area contributed by atoms with Gasteiger partial charge in [0.1, 0.15) is 16.6 Å². The Bertz CT molecular complexity index is 1060. The van der Waals surface area contributed by atoms with Crippen molar-refractivity contribution >= 4 is 33.1 Å². The maximum Gasteiger partial charge on any atom is 0.263 e. The molecule has 2 N–H and O–H groups in total. The second-order valence-corrected chi connectivity index (χ2v) is 7.51. The first-order valence-corrected chi connectivity index (χ1v) is 10.0. The third kappa shape index (κ3) is 5.41. The number of aryl methyl sites for hydroxylation is 1. The van der Waals surface area contributed by atoms with Gasteiger partial charge in [-0.25, -0.2) is 4.98 Å². The SMILES string of the molecule is COCCCNC(=O)/C(C#N)=C\Nc1ccc(-c2nc3ccc(C)cc3s2)cc1. The molecule has 0 atom stereocenters. The lowest BCUT2D eigenvalue weighted by atomic mass is 10.2. The molecule has 0 saturated heterocycles. The van der Waals surface area contributed by atoms with Gasteiger partial charge in [0.15, 0.2) is 0 Å². The average Bonchev–Trinajstić information content (AvgIpc) is 3.15. The molecule has 0 unspecified atom stereocenters. The van der Waals surface area contributed by atoms with Crippen LogP contribution in [0.25, 0.3) is 20.8 Å². The summed E-state index contributed by atoms with van der Waals surface area (Å²) in [6.07, 6.45) is 2.11. The van der Waals surface area contributed by atoms with Crippen molar-refractivity contribution in [1.29, 1.82) is 5.26 Å². The van der Waals surface area contributed by atoms with E-state index >= 15 is 0 Å². The third-order valence-electron chi connectivity index (χ3n) is 4.23. The number of fused-ring (bicyclic) bond motifs is 1. The van der Waals surface area contributed by atoms with Crippen LogP contribution in [0.3, 0.4) is 0 Å². The number of aromatic nitrogens is 1. The van der Waals surface area contributed by atoms with Gasteiger partial charge < -0.3 is 15.4 Å². The molecule has 0 fully saturated rings. The zero-order valence-electron chi connectivity index (χ0n) is 16.4. The molecule has 2 aromatic carbocycles. The molecule has 148 valence electrons. The summed E-state index contributed by atoms with van der Waals surface area (Å²) in [6.45, 7) is 3.09. The molecule has 0 spiro atoms. The van der Waals surface area contributed by atoms with E-state index in [4.69, 9.17) is 4.74 Å². The van der Waals surface area contributed by atoms with Gasteiger partial charge in [0, 0.05) is 37.7 Å². The molecule has 3 rings (SSSR count). The van der Waals surface area contributed by atoms with Crippen LogP contribution in [-0.2, 0) is 9.53 Å². The Morgan fingerprint density at radius 3 is 2.79 bits per heavy atom. The van der Waals surface area contributed by atoms with Crippen LogP contribution in [-0.4, -0.2) is 31.2 Å². The van der Waals surface area contributed by atoms with E-state index in [0.29, 0.717) is 19.6 Å². The number of methoxy groups -OCH3 is 1. The minimum absolute atomic E-state index is 0.0213. The quantitative estimate of drug-likeness (QED) is 0.332. The smallest absolute Gasteiger partial charge is 0.263 e. The number of nitrogens with zero attached hydrogens (tertiary/aromatic N) is 2. The van der Waals surface area contributed by atoms with Gasteiger partial charge >= 0.3 is 0 Å². The number of benzene rings is 2. The maximum absolute atomic E-state index is 12.0. The van der Waals surface area contributed by atoms with Gasteiger partial charge in [-0.05, 0) is 55.3 Å². The topological polar surface area (TPSA) is 87.0 Å². The normalized spacial score (nSPS) is 11.3. The second kappa shape index (κ2) is 9.82. The molecule has 0 aliphatic carbocycles. The van der Waals surface area contributed by atoms with Crippen molar-refractivity contribution in [3.63, 3.8) is 0 Å². The molecule has 7 heteroatoms. The first kappa shape index (κ1) is 20.5. The number of carbonyl (C=O) groups excluding carboxylic acids is 1.